The van der Waals surface area contributed by atoms with Gasteiger partial charge in [-0.3, -0.25) is 4.57 Å². The minimum absolute atomic E-state index is 0.0838. The van der Waals surface area contributed by atoms with Gasteiger partial charge in [0.2, 0.25) is 0 Å². The van der Waals surface area contributed by atoms with E-state index in [-0.39, 0.29) is 5.41 Å². The monoisotopic (exact) mass is 692 g/mol. The Bertz CT molecular complexity index is 2280. The lowest BCUT2D eigenvalue weighted by molar-refractivity contribution is 0.389. The summed E-state index contributed by atoms with van der Waals surface area (Å²) in [7, 11) is 0. The molecule has 6 aromatic rings. The number of fused-ring (bicyclic) bond motifs is 3. The van der Waals surface area contributed by atoms with Gasteiger partial charge in [-0.25, -0.2) is 9.67 Å². The van der Waals surface area contributed by atoms with Crippen molar-refractivity contribution >= 4 is 21.8 Å². The first-order valence-corrected chi connectivity index (χ1v) is 19.4. The van der Waals surface area contributed by atoms with Crippen LogP contribution in [0.25, 0.3) is 33.3 Å². The molecule has 5 heteroatoms. The second kappa shape index (κ2) is 14.1. The number of aryl methyl sites for hydroxylation is 1. The largest absolute Gasteiger partial charge is 0.457 e. The third-order valence-corrected chi connectivity index (χ3v) is 11.2. The van der Waals surface area contributed by atoms with Crippen LogP contribution >= 0.6 is 0 Å². The maximum atomic E-state index is 6.87. The number of benzene rings is 3. The molecule has 1 aliphatic carbocycles. The fraction of sp³-hybridized carbons (Fsp3) is 0.404. The second-order valence-corrected chi connectivity index (χ2v) is 16.7. The molecule has 3 aromatic carbocycles. The Balaban J connectivity index is 1.36. The number of pyridine rings is 1. The highest BCUT2D eigenvalue weighted by atomic mass is 16.5. The molecule has 0 spiro atoms. The second-order valence-electron chi connectivity index (χ2n) is 16.7. The van der Waals surface area contributed by atoms with E-state index in [1.165, 1.54) is 45.2 Å². The average Bonchev–Trinajstić information content (AvgIpc) is 3.60. The van der Waals surface area contributed by atoms with E-state index >= 15 is 0 Å². The molecule has 3 atom stereocenters. The molecule has 0 amide bonds. The molecule has 0 bridgehead atoms. The smallest absolute Gasteiger partial charge is 0.137 e. The zero-order chi connectivity index (χ0) is 36.9. The molecule has 7 rings (SSSR count). The molecule has 270 valence electrons. The Labute approximate surface area is 310 Å². The Morgan fingerprint density at radius 1 is 0.885 bits per heavy atom. The SMILES string of the molecule is CCCCc1c(C2C(C)=C[C@H](C)C[C@@H]2C)c(C)nn1-c1cc(Oc2ccc3c4ccccc4n(-c4cc(C(C)C)ccn4)c3c2)cc(C(C)(C)C)c1. The van der Waals surface area contributed by atoms with Crippen molar-refractivity contribution in [2.45, 2.75) is 112 Å². The zero-order valence-corrected chi connectivity index (χ0v) is 32.9. The third-order valence-electron chi connectivity index (χ3n) is 11.2. The van der Waals surface area contributed by atoms with Crippen LogP contribution in [0.1, 0.15) is 121 Å². The molecular weight excluding hydrogens is 637 g/mol. The van der Waals surface area contributed by atoms with Gasteiger partial charge in [0.05, 0.1) is 22.4 Å². The van der Waals surface area contributed by atoms with Gasteiger partial charge in [-0.2, -0.15) is 5.10 Å². The molecular formula is C47H56N4O. The maximum absolute atomic E-state index is 6.87. The summed E-state index contributed by atoms with van der Waals surface area (Å²) in [6.07, 6.45) is 8.90. The van der Waals surface area contributed by atoms with E-state index in [1.807, 2.05) is 6.20 Å². The number of hydrogen-bond donors (Lipinski definition) is 0. The van der Waals surface area contributed by atoms with E-state index in [2.05, 4.69) is 157 Å². The van der Waals surface area contributed by atoms with E-state index in [4.69, 9.17) is 14.8 Å². The minimum atomic E-state index is -0.0838. The van der Waals surface area contributed by atoms with Gasteiger partial charge in [-0.1, -0.05) is 91.7 Å². The number of rotatable bonds is 9. The summed E-state index contributed by atoms with van der Waals surface area (Å²) in [4.78, 5) is 4.86. The normalized spacial score (nSPS) is 18.1. The van der Waals surface area contributed by atoms with Gasteiger partial charge < -0.3 is 4.74 Å². The van der Waals surface area contributed by atoms with Gasteiger partial charge in [0.1, 0.15) is 17.3 Å². The van der Waals surface area contributed by atoms with Crippen molar-refractivity contribution in [3.8, 4) is 23.0 Å². The predicted octanol–water partition coefficient (Wildman–Crippen LogP) is 12.9. The summed E-state index contributed by atoms with van der Waals surface area (Å²) in [5.41, 5.74) is 11.1. The first kappa shape index (κ1) is 35.7. The molecule has 0 aliphatic heterocycles. The summed E-state index contributed by atoms with van der Waals surface area (Å²) in [5, 5.41) is 7.70. The van der Waals surface area contributed by atoms with Crippen LogP contribution in [-0.4, -0.2) is 19.3 Å². The van der Waals surface area contributed by atoms with Crippen LogP contribution in [0.4, 0.5) is 0 Å². The number of hydrogen-bond acceptors (Lipinski definition) is 3. The summed E-state index contributed by atoms with van der Waals surface area (Å²) in [6, 6.07) is 26.1. The van der Waals surface area contributed by atoms with Crippen LogP contribution in [0.5, 0.6) is 11.5 Å². The van der Waals surface area contributed by atoms with E-state index in [0.29, 0.717) is 23.7 Å². The minimum Gasteiger partial charge on any atom is -0.457 e. The summed E-state index contributed by atoms with van der Waals surface area (Å²) in [6.45, 7) is 22.9. The molecule has 0 saturated carbocycles. The Hall–Kier alpha value is -4.64. The molecule has 3 heterocycles. The maximum Gasteiger partial charge on any atom is 0.137 e. The molecule has 0 fully saturated rings. The molecule has 0 N–H and O–H groups in total. The lowest BCUT2D eigenvalue weighted by Crippen LogP contribution is -2.21. The van der Waals surface area contributed by atoms with Crippen LogP contribution in [0.15, 0.2) is 90.6 Å². The zero-order valence-electron chi connectivity index (χ0n) is 32.9. The number of unbranched alkanes of at least 4 members (excludes halogenated alkanes) is 1. The molecule has 5 nitrogen and oxygen atoms in total. The molecule has 1 unspecified atom stereocenters. The van der Waals surface area contributed by atoms with Crippen molar-refractivity contribution in [1.82, 2.24) is 19.3 Å². The van der Waals surface area contributed by atoms with Gasteiger partial charge in [0.15, 0.2) is 0 Å². The Morgan fingerprint density at radius 3 is 2.38 bits per heavy atom. The number of allylic oxidation sites excluding steroid dienone is 2. The molecule has 1 aliphatic rings. The van der Waals surface area contributed by atoms with Crippen molar-refractivity contribution in [3.05, 3.63) is 119 Å². The Kier molecular flexibility index (Phi) is 9.67. The van der Waals surface area contributed by atoms with Gasteiger partial charge in [0.25, 0.3) is 0 Å². The fourth-order valence-electron chi connectivity index (χ4n) is 8.60. The first-order valence-electron chi connectivity index (χ1n) is 19.4. The van der Waals surface area contributed by atoms with Crippen molar-refractivity contribution < 1.29 is 4.74 Å². The quantitative estimate of drug-likeness (QED) is 0.142. The van der Waals surface area contributed by atoms with Crippen molar-refractivity contribution in [1.29, 1.82) is 0 Å². The van der Waals surface area contributed by atoms with Gasteiger partial charge in [0, 0.05) is 46.3 Å². The van der Waals surface area contributed by atoms with Crippen molar-refractivity contribution in [3.63, 3.8) is 0 Å². The third kappa shape index (κ3) is 6.71. The molecule has 0 radical (unpaired) electrons. The lowest BCUT2D eigenvalue weighted by atomic mass is 9.72. The van der Waals surface area contributed by atoms with Crippen molar-refractivity contribution in [2.75, 3.05) is 0 Å². The molecule has 0 saturated heterocycles. The van der Waals surface area contributed by atoms with E-state index in [0.717, 1.165) is 59.0 Å². The van der Waals surface area contributed by atoms with E-state index in [1.54, 1.807) is 0 Å². The van der Waals surface area contributed by atoms with Crippen LogP contribution < -0.4 is 4.74 Å². The number of para-hydroxylation sites is 1. The molecule has 3 aromatic heterocycles. The predicted molar refractivity (Wildman–Crippen MR) is 218 cm³/mol. The number of nitrogens with zero attached hydrogens (tertiary/aromatic N) is 4. The standard InChI is InChI=1S/C47H56N4O/c1-11-12-16-42-46(45-31(5)22-30(4)23-32(45)6)33(7)49-51(42)36-25-35(47(8,9)10)26-38(27-36)52-37-18-19-40-39-15-13-14-17-41(39)50(43(40)28-37)44-24-34(29(2)3)20-21-48-44/h13-15,17-22,24-30,32,45H,11-12,16,23H2,1-10H3/t30-,32-,45?/m0/s1. The lowest BCUT2D eigenvalue weighted by Gasteiger charge is -2.32. The molecule has 52 heavy (non-hydrogen) atoms. The van der Waals surface area contributed by atoms with Crippen LogP contribution in [0.3, 0.4) is 0 Å². The van der Waals surface area contributed by atoms with Crippen LogP contribution in [0, 0.1) is 18.8 Å². The summed E-state index contributed by atoms with van der Waals surface area (Å²) < 4.78 is 11.4. The summed E-state index contributed by atoms with van der Waals surface area (Å²) >= 11 is 0. The average molecular weight is 693 g/mol. The highest BCUT2D eigenvalue weighted by Gasteiger charge is 2.32. The van der Waals surface area contributed by atoms with Crippen LogP contribution in [-0.2, 0) is 11.8 Å². The first-order chi connectivity index (χ1) is 24.8. The van der Waals surface area contributed by atoms with Gasteiger partial charge in [-0.15, -0.1) is 0 Å². The van der Waals surface area contributed by atoms with Crippen LogP contribution in [0.2, 0.25) is 0 Å². The van der Waals surface area contributed by atoms with Gasteiger partial charge >= 0.3 is 0 Å². The summed E-state index contributed by atoms with van der Waals surface area (Å²) in [5.74, 6) is 4.52. The fourth-order valence-corrected chi connectivity index (χ4v) is 8.60. The number of ether oxygens (including phenoxy) is 1. The number of aromatic nitrogens is 4. The van der Waals surface area contributed by atoms with E-state index in [9.17, 15) is 0 Å². The van der Waals surface area contributed by atoms with Crippen molar-refractivity contribution in [2.24, 2.45) is 11.8 Å². The highest BCUT2D eigenvalue weighted by molar-refractivity contribution is 6.09. The highest BCUT2D eigenvalue weighted by Crippen LogP contribution is 2.44. The van der Waals surface area contributed by atoms with Gasteiger partial charge in [-0.05, 0) is 110 Å². The Morgan fingerprint density at radius 2 is 1.65 bits per heavy atom. The topological polar surface area (TPSA) is 44.9 Å². The van der Waals surface area contributed by atoms with E-state index < -0.39 is 0 Å².